The number of rotatable bonds is 1. The molecule has 0 radical (unpaired) electrons. The minimum atomic E-state index is 0.482. The number of hydrogen-bond donors (Lipinski definition) is 1. The van der Waals surface area contributed by atoms with Gasteiger partial charge in [0.25, 0.3) is 0 Å². The van der Waals surface area contributed by atoms with E-state index < -0.39 is 0 Å². The van der Waals surface area contributed by atoms with E-state index in [0.717, 1.165) is 13.0 Å². The van der Waals surface area contributed by atoms with Crippen LogP contribution < -0.4 is 5.32 Å². The highest BCUT2D eigenvalue weighted by Crippen LogP contribution is 2.26. The molecule has 72 valence electrons. The second kappa shape index (κ2) is 3.71. The lowest BCUT2D eigenvalue weighted by Gasteiger charge is -2.24. The molecule has 2 nitrogen and oxygen atoms in total. The fourth-order valence-electron chi connectivity index (χ4n) is 1.94. The normalized spacial score (nSPS) is 19.3. The summed E-state index contributed by atoms with van der Waals surface area (Å²) < 4.78 is 0. The molecule has 2 heteroatoms. The van der Waals surface area contributed by atoms with Gasteiger partial charge in [-0.3, -0.25) is 0 Å². The quantitative estimate of drug-likeness (QED) is 0.731. The Morgan fingerprint density at radius 3 is 3.21 bits per heavy atom. The zero-order chi connectivity index (χ0) is 9.97. The third-order valence-corrected chi connectivity index (χ3v) is 2.74. The van der Waals surface area contributed by atoms with Gasteiger partial charge in [-0.2, -0.15) is 5.26 Å². The van der Waals surface area contributed by atoms with Crippen LogP contribution in [0.3, 0.4) is 0 Å². The Kier molecular flexibility index (Phi) is 2.41. The predicted octanol–water partition coefficient (Wildman–Crippen LogP) is 2.49. The average molecular weight is 186 g/mol. The molecule has 14 heavy (non-hydrogen) atoms. The molecule has 1 aromatic rings. The molecule has 0 spiro atoms. The maximum absolute atomic E-state index is 8.63. The number of anilines is 1. The molecule has 1 aliphatic heterocycles. The minimum absolute atomic E-state index is 0.482. The highest BCUT2D eigenvalue weighted by Gasteiger charge is 2.17. The molecule has 0 aliphatic carbocycles. The van der Waals surface area contributed by atoms with E-state index in [2.05, 4.69) is 36.5 Å². The summed E-state index contributed by atoms with van der Waals surface area (Å²) in [6.07, 6.45) is 1.69. The third kappa shape index (κ3) is 1.72. The van der Waals surface area contributed by atoms with Gasteiger partial charge in [-0.1, -0.05) is 12.1 Å². The topological polar surface area (TPSA) is 35.8 Å². The van der Waals surface area contributed by atoms with Crippen molar-refractivity contribution in [1.82, 2.24) is 0 Å². The number of benzene rings is 1. The Labute approximate surface area is 84.6 Å². The van der Waals surface area contributed by atoms with Crippen molar-refractivity contribution in [2.75, 3.05) is 11.9 Å². The van der Waals surface area contributed by atoms with Crippen LogP contribution in [0.2, 0.25) is 0 Å². The zero-order valence-electron chi connectivity index (χ0n) is 8.38. The van der Waals surface area contributed by atoms with E-state index in [0.29, 0.717) is 12.3 Å². The smallest absolute Gasteiger partial charge is 0.0625 e. The maximum Gasteiger partial charge on any atom is 0.0625 e. The summed E-state index contributed by atoms with van der Waals surface area (Å²) in [5.74, 6) is 0.482. The molecule has 0 saturated heterocycles. The standard InChI is InChI=1S/C12H14N2/c1-9-2-3-11-7-10(4-5-13)8-14-12(11)6-9/h2-3,6,10,14H,4,7-8H2,1H3. The number of hydrogen-bond acceptors (Lipinski definition) is 2. The molecule has 0 saturated carbocycles. The van der Waals surface area contributed by atoms with Gasteiger partial charge in [-0.15, -0.1) is 0 Å². The van der Waals surface area contributed by atoms with Crippen molar-refractivity contribution in [2.45, 2.75) is 19.8 Å². The van der Waals surface area contributed by atoms with Crippen LogP contribution in [0.1, 0.15) is 17.5 Å². The molecule has 1 N–H and O–H groups in total. The summed E-state index contributed by atoms with van der Waals surface area (Å²) in [5, 5.41) is 12.0. The van der Waals surface area contributed by atoms with Crippen LogP contribution in [0, 0.1) is 24.2 Å². The number of nitriles is 1. The van der Waals surface area contributed by atoms with Gasteiger partial charge in [-0.25, -0.2) is 0 Å². The molecule has 1 aliphatic rings. The van der Waals surface area contributed by atoms with Gasteiger partial charge in [0.2, 0.25) is 0 Å². The van der Waals surface area contributed by atoms with Crippen molar-refractivity contribution in [3.63, 3.8) is 0 Å². The lowest BCUT2D eigenvalue weighted by Crippen LogP contribution is -2.22. The average Bonchev–Trinajstić information content (AvgIpc) is 2.19. The van der Waals surface area contributed by atoms with Crippen molar-refractivity contribution in [1.29, 1.82) is 5.26 Å². The SMILES string of the molecule is Cc1ccc2c(c1)NCC(CC#N)C2. The van der Waals surface area contributed by atoms with E-state index in [1.54, 1.807) is 0 Å². The molecule has 1 aromatic carbocycles. The van der Waals surface area contributed by atoms with E-state index in [-0.39, 0.29) is 0 Å². The maximum atomic E-state index is 8.63. The van der Waals surface area contributed by atoms with E-state index in [1.807, 2.05) is 0 Å². The first-order chi connectivity index (χ1) is 6.79. The largest absolute Gasteiger partial charge is 0.384 e. The van der Waals surface area contributed by atoms with Crippen molar-refractivity contribution < 1.29 is 0 Å². The number of nitrogens with zero attached hydrogens (tertiary/aromatic N) is 1. The van der Waals surface area contributed by atoms with Gasteiger partial charge < -0.3 is 5.32 Å². The first-order valence-electron chi connectivity index (χ1n) is 5.00. The fraction of sp³-hybridized carbons (Fsp3) is 0.417. The second-order valence-corrected chi connectivity index (χ2v) is 3.97. The molecule has 1 atom stereocenters. The van der Waals surface area contributed by atoms with E-state index in [9.17, 15) is 0 Å². The van der Waals surface area contributed by atoms with Crippen LogP contribution in [-0.2, 0) is 6.42 Å². The van der Waals surface area contributed by atoms with Crippen LogP contribution in [0.4, 0.5) is 5.69 Å². The first kappa shape index (κ1) is 9.08. The van der Waals surface area contributed by atoms with Gasteiger partial charge >= 0.3 is 0 Å². The van der Waals surface area contributed by atoms with Crippen LogP contribution in [-0.4, -0.2) is 6.54 Å². The highest BCUT2D eigenvalue weighted by molar-refractivity contribution is 5.55. The Morgan fingerprint density at radius 1 is 1.57 bits per heavy atom. The van der Waals surface area contributed by atoms with Gasteiger partial charge in [0.15, 0.2) is 0 Å². The van der Waals surface area contributed by atoms with Gasteiger partial charge in [-0.05, 0) is 36.5 Å². The minimum Gasteiger partial charge on any atom is -0.384 e. The Balaban J connectivity index is 2.20. The fourth-order valence-corrected chi connectivity index (χ4v) is 1.94. The third-order valence-electron chi connectivity index (χ3n) is 2.74. The van der Waals surface area contributed by atoms with Gasteiger partial charge in [0, 0.05) is 18.7 Å². The molecular weight excluding hydrogens is 172 g/mol. The van der Waals surface area contributed by atoms with Crippen LogP contribution in [0.15, 0.2) is 18.2 Å². The van der Waals surface area contributed by atoms with Crippen LogP contribution >= 0.6 is 0 Å². The summed E-state index contributed by atoms with van der Waals surface area (Å²) in [4.78, 5) is 0. The molecule has 2 rings (SSSR count). The van der Waals surface area contributed by atoms with Crippen molar-refractivity contribution in [2.24, 2.45) is 5.92 Å². The van der Waals surface area contributed by atoms with Crippen LogP contribution in [0.5, 0.6) is 0 Å². The summed E-state index contributed by atoms with van der Waals surface area (Å²) in [6.45, 7) is 3.04. The monoisotopic (exact) mass is 186 g/mol. The number of fused-ring (bicyclic) bond motifs is 1. The summed E-state index contributed by atoms with van der Waals surface area (Å²) in [6, 6.07) is 8.72. The molecule has 1 unspecified atom stereocenters. The van der Waals surface area contributed by atoms with Crippen molar-refractivity contribution >= 4 is 5.69 Å². The first-order valence-corrected chi connectivity index (χ1v) is 5.00. The van der Waals surface area contributed by atoms with E-state index >= 15 is 0 Å². The summed E-state index contributed by atoms with van der Waals surface area (Å²) in [7, 11) is 0. The lowest BCUT2D eigenvalue weighted by molar-refractivity contribution is 0.551. The Morgan fingerprint density at radius 2 is 2.43 bits per heavy atom. The molecule has 0 bridgehead atoms. The number of nitrogens with one attached hydrogen (secondary N) is 1. The van der Waals surface area contributed by atoms with E-state index in [4.69, 9.17) is 5.26 Å². The molecule has 1 heterocycles. The predicted molar refractivity (Wildman–Crippen MR) is 57.1 cm³/mol. The lowest BCUT2D eigenvalue weighted by atomic mass is 9.91. The van der Waals surface area contributed by atoms with Crippen molar-refractivity contribution in [3.05, 3.63) is 29.3 Å². The Bertz CT molecular complexity index is 376. The van der Waals surface area contributed by atoms with Crippen LogP contribution in [0.25, 0.3) is 0 Å². The molecule has 0 amide bonds. The number of aryl methyl sites for hydroxylation is 1. The highest BCUT2D eigenvalue weighted by atomic mass is 14.9. The van der Waals surface area contributed by atoms with Crippen molar-refractivity contribution in [3.8, 4) is 6.07 Å². The Hall–Kier alpha value is -1.49. The molecular formula is C12H14N2. The zero-order valence-corrected chi connectivity index (χ0v) is 8.38. The second-order valence-electron chi connectivity index (χ2n) is 3.97. The summed E-state index contributed by atoms with van der Waals surface area (Å²) >= 11 is 0. The summed E-state index contributed by atoms with van der Waals surface area (Å²) in [5.41, 5.74) is 3.89. The van der Waals surface area contributed by atoms with Gasteiger partial charge in [0.05, 0.1) is 6.07 Å². The molecule has 0 fully saturated rings. The van der Waals surface area contributed by atoms with E-state index in [1.165, 1.54) is 16.8 Å². The molecule has 0 aromatic heterocycles. The van der Waals surface area contributed by atoms with Gasteiger partial charge in [0.1, 0.15) is 0 Å².